The minimum atomic E-state index is -0.371. The van der Waals surface area contributed by atoms with Crippen molar-refractivity contribution in [2.45, 2.75) is 0 Å². The van der Waals surface area contributed by atoms with Gasteiger partial charge in [-0.2, -0.15) is 5.26 Å². The van der Waals surface area contributed by atoms with Gasteiger partial charge in [-0.15, -0.1) is 0 Å². The fraction of sp³-hybridized carbons (Fsp3) is 0.333. The zero-order valence-electron chi connectivity index (χ0n) is 11.4. The van der Waals surface area contributed by atoms with Crippen LogP contribution in [0.2, 0.25) is 0 Å². The Morgan fingerprint density at radius 3 is 2.55 bits per heavy atom. The Labute approximate surface area is 118 Å². The summed E-state index contributed by atoms with van der Waals surface area (Å²) in [6.07, 6.45) is 1.59. The average Bonchev–Trinajstić information content (AvgIpc) is 2.53. The van der Waals surface area contributed by atoms with E-state index in [9.17, 15) is 4.79 Å². The van der Waals surface area contributed by atoms with Gasteiger partial charge in [-0.1, -0.05) is 12.1 Å². The largest absolute Gasteiger partial charge is 0.378 e. The lowest BCUT2D eigenvalue weighted by molar-refractivity contribution is -0.116. The van der Waals surface area contributed by atoms with Crippen LogP contribution < -0.4 is 10.2 Å². The highest BCUT2D eigenvalue weighted by Crippen LogP contribution is 2.18. The maximum atomic E-state index is 11.4. The molecule has 1 aromatic carbocycles. The number of ether oxygens (including phenoxy) is 1. The first-order valence-corrected chi connectivity index (χ1v) is 6.51. The molecular formula is C15H17N3O2. The van der Waals surface area contributed by atoms with E-state index in [1.54, 1.807) is 6.08 Å². The second-order valence-electron chi connectivity index (χ2n) is 4.44. The Bertz CT molecular complexity index is 537. The number of hydrogen-bond donors (Lipinski definition) is 1. The van der Waals surface area contributed by atoms with Crippen molar-refractivity contribution in [1.82, 2.24) is 5.32 Å². The molecule has 104 valence electrons. The molecule has 20 heavy (non-hydrogen) atoms. The second kappa shape index (κ2) is 6.73. The van der Waals surface area contributed by atoms with Gasteiger partial charge in [0.15, 0.2) is 0 Å². The summed E-state index contributed by atoms with van der Waals surface area (Å²) in [5, 5.41) is 11.4. The van der Waals surface area contributed by atoms with Crippen LogP contribution in [0.4, 0.5) is 5.69 Å². The summed E-state index contributed by atoms with van der Waals surface area (Å²) in [5.41, 5.74) is 2.07. The number of nitrogens with zero attached hydrogens (tertiary/aromatic N) is 2. The Morgan fingerprint density at radius 1 is 1.35 bits per heavy atom. The van der Waals surface area contributed by atoms with E-state index in [4.69, 9.17) is 10.00 Å². The molecule has 2 rings (SSSR count). The Kier molecular flexibility index (Phi) is 4.75. The van der Waals surface area contributed by atoms with Gasteiger partial charge < -0.3 is 15.0 Å². The monoisotopic (exact) mass is 271 g/mol. The van der Waals surface area contributed by atoms with E-state index in [1.807, 2.05) is 30.3 Å². The second-order valence-corrected chi connectivity index (χ2v) is 4.44. The molecule has 0 spiro atoms. The van der Waals surface area contributed by atoms with Crippen LogP contribution >= 0.6 is 0 Å². The summed E-state index contributed by atoms with van der Waals surface area (Å²) in [4.78, 5) is 13.7. The third-order valence-corrected chi connectivity index (χ3v) is 3.17. The predicted octanol–water partition coefficient (Wildman–Crippen LogP) is 1.18. The summed E-state index contributed by atoms with van der Waals surface area (Å²) < 4.78 is 5.32. The maximum Gasteiger partial charge on any atom is 0.261 e. The summed E-state index contributed by atoms with van der Waals surface area (Å²) in [6.45, 7) is 3.27. The fourth-order valence-electron chi connectivity index (χ4n) is 2.05. The molecule has 5 heteroatoms. The highest BCUT2D eigenvalue weighted by atomic mass is 16.5. The lowest BCUT2D eigenvalue weighted by atomic mass is 10.1. The van der Waals surface area contributed by atoms with Gasteiger partial charge in [0.2, 0.25) is 0 Å². The van der Waals surface area contributed by atoms with E-state index >= 15 is 0 Å². The van der Waals surface area contributed by atoms with Crippen molar-refractivity contribution >= 4 is 17.7 Å². The lowest BCUT2D eigenvalue weighted by Gasteiger charge is -2.28. The minimum Gasteiger partial charge on any atom is -0.378 e. The number of carbonyl (C=O) groups is 1. The van der Waals surface area contributed by atoms with Gasteiger partial charge in [0.05, 0.1) is 13.2 Å². The molecule has 1 N–H and O–H groups in total. The standard InChI is InChI=1S/C15H17N3O2/c1-17-15(19)13(11-16)10-12-2-4-14(5-3-12)18-6-8-20-9-7-18/h2-5,10H,6-9H2,1H3,(H,17,19)/b13-10-. The van der Waals surface area contributed by atoms with Crippen LogP contribution in [-0.4, -0.2) is 39.3 Å². The molecule has 0 aliphatic carbocycles. The highest BCUT2D eigenvalue weighted by Gasteiger charge is 2.11. The third kappa shape index (κ3) is 3.37. The molecule has 1 fully saturated rings. The van der Waals surface area contributed by atoms with E-state index in [1.165, 1.54) is 7.05 Å². The van der Waals surface area contributed by atoms with Gasteiger partial charge in [0.1, 0.15) is 11.6 Å². The molecule has 0 aromatic heterocycles. The zero-order chi connectivity index (χ0) is 14.4. The number of benzene rings is 1. The summed E-state index contributed by atoms with van der Waals surface area (Å²) >= 11 is 0. The molecule has 0 radical (unpaired) electrons. The number of anilines is 1. The molecule has 1 amide bonds. The molecule has 1 saturated heterocycles. The fourth-order valence-corrected chi connectivity index (χ4v) is 2.05. The number of likely N-dealkylation sites (N-methyl/N-ethyl adjacent to an activating group) is 1. The Morgan fingerprint density at radius 2 is 2.00 bits per heavy atom. The van der Waals surface area contributed by atoms with Crippen LogP contribution in [0.1, 0.15) is 5.56 Å². The van der Waals surface area contributed by atoms with Crippen molar-refractivity contribution in [1.29, 1.82) is 5.26 Å². The third-order valence-electron chi connectivity index (χ3n) is 3.17. The smallest absolute Gasteiger partial charge is 0.261 e. The normalized spacial score (nSPS) is 15.6. The molecule has 1 aromatic rings. The number of rotatable bonds is 3. The molecule has 0 saturated carbocycles. The first kappa shape index (κ1) is 14.1. The molecule has 0 unspecified atom stereocenters. The van der Waals surface area contributed by atoms with E-state index in [0.29, 0.717) is 0 Å². The lowest BCUT2D eigenvalue weighted by Crippen LogP contribution is -2.36. The average molecular weight is 271 g/mol. The van der Waals surface area contributed by atoms with Crippen LogP contribution in [-0.2, 0) is 9.53 Å². The Hall–Kier alpha value is -2.32. The van der Waals surface area contributed by atoms with E-state index in [0.717, 1.165) is 37.6 Å². The summed E-state index contributed by atoms with van der Waals surface area (Å²) in [6, 6.07) is 9.71. The van der Waals surface area contributed by atoms with Crippen molar-refractivity contribution in [3.8, 4) is 6.07 Å². The van der Waals surface area contributed by atoms with Crippen LogP contribution in [0.25, 0.3) is 6.08 Å². The quantitative estimate of drug-likeness (QED) is 0.662. The van der Waals surface area contributed by atoms with Gasteiger partial charge in [-0.3, -0.25) is 4.79 Å². The molecule has 1 aliphatic rings. The summed E-state index contributed by atoms with van der Waals surface area (Å²) in [5.74, 6) is -0.371. The van der Waals surface area contributed by atoms with Gasteiger partial charge in [0.25, 0.3) is 5.91 Å². The van der Waals surface area contributed by atoms with Crippen LogP contribution in [0.5, 0.6) is 0 Å². The van der Waals surface area contributed by atoms with E-state index in [-0.39, 0.29) is 11.5 Å². The first-order valence-electron chi connectivity index (χ1n) is 6.51. The number of carbonyl (C=O) groups excluding carboxylic acids is 1. The maximum absolute atomic E-state index is 11.4. The molecule has 0 bridgehead atoms. The first-order chi connectivity index (χ1) is 9.74. The van der Waals surface area contributed by atoms with Gasteiger partial charge in [0, 0.05) is 25.8 Å². The van der Waals surface area contributed by atoms with Crippen molar-refractivity contribution in [2.75, 3.05) is 38.3 Å². The molecule has 1 aliphatic heterocycles. The Balaban J connectivity index is 2.13. The number of morpholine rings is 1. The zero-order valence-corrected chi connectivity index (χ0v) is 11.4. The minimum absolute atomic E-state index is 0.103. The van der Waals surface area contributed by atoms with E-state index < -0.39 is 0 Å². The van der Waals surface area contributed by atoms with Crippen molar-refractivity contribution in [3.63, 3.8) is 0 Å². The van der Waals surface area contributed by atoms with Gasteiger partial charge >= 0.3 is 0 Å². The van der Waals surface area contributed by atoms with Gasteiger partial charge in [-0.05, 0) is 23.8 Å². The van der Waals surface area contributed by atoms with Crippen molar-refractivity contribution in [3.05, 3.63) is 35.4 Å². The molecule has 1 heterocycles. The number of nitriles is 1. The number of hydrogen-bond acceptors (Lipinski definition) is 4. The molecule has 0 atom stereocenters. The number of nitrogens with one attached hydrogen (secondary N) is 1. The predicted molar refractivity (Wildman–Crippen MR) is 77.1 cm³/mol. The van der Waals surface area contributed by atoms with Crippen LogP contribution in [0.3, 0.4) is 0 Å². The topological polar surface area (TPSA) is 65.4 Å². The summed E-state index contributed by atoms with van der Waals surface area (Å²) in [7, 11) is 1.51. The van der Waals surface area contributed by atoms with Crippen molar-refractivity contribution < 1.29 is 9.53 Å². The van der Waals surface area contributed by atoms with Gasteiger partial charge in [-0.25, -0.2) is 0 Å². The number of amides is 1. The molecular weight excluding hydrogens is 254 g/mol. The SMILES string of the molecule is CNC(=O)/C(C#N)=C\c1ccc(N2CCOCC2)cc1. The van der Waals surface area contributed by atoms with Crippen LogP contribution in [0.15, 0.2) is 29.8 Å². The van der Waals surface area contributed by atoms with Crippen molar-refractivity contribution in [2.24, 2.45) is 0 Å². The highest BCUT2D eigenvalue weighted by molar-refractivity contribution is 6.01. The van der Waals surface area contributed by atoms with E-state index in [2.05, 4.69) is 10.2 Å². The van der Waals surface area contributed by atoms with Crippen LogP contribution in [0, 0.1) is 11.3 Å². The molecule has 5 nitrogen and oxygen atoms in total.